The van der Waals surface area contributed by atoms with Gasteiger partial charge in [0.15, 0.2) is 0 Å². The highest BCUT2D eigenvalue weighted by atomic mass is 79.9. The van der Waals surface area contributed by atoms with E-state index < -0.39 is 10.0 Å². The van der Waals surface area contributed by atoms with E-state index in [1.807, 2.05) is 19.9 Å². The van der Waals surface area contributed by atoms with Gasteiger partial charge in [0.05, 0.1) is 4.90 Å². The Balaban J connectivity index is 2.40. The number of nitrogens with zero attached hydrogens (tertiary/aromatic N) is 1. The lowest BCUT2D eigenvalue weighted by Gasteiger charge is -2.40. The van der Waals surface area contributed by atoms with E-state index in [4.69, 9.17) is 0 Å². The van der Waals surface area contributed by atoms with Crippen LogP contribution in [0.5, 0.6) is 0 Å². The Hall–Kier alpha value is -0.390. The number of aryl methyl sites for hydroxylation is 1. The second kappa shape index (κ2) is 5.78. The number of halogens is 1. The van der Waals surface area contributed by atoms with Crippen LogP contribution < -0.4 is 0 Å². The maximum Gasteiger partial charge on any atom is 0.243 e. The summed E-state index contributed by atoms with van der Waals surface area (Å²) in [6.45, 7) is 8.80. The van der Waals surface area contributed by atoms with Crippen LogP contribution in [0.15, 0.2) is 27.6 Å². The molecule has 5 heteroatoms. The van der Waals surface area contributed by atoms with Crippen molar-refractivity contribution in [1.29, 1.82) is 0 Å². The Morgan fingerprint density at radius 2 is 1.90 bits per heavy atom. The topological polar surface area (TPSA) is 37.4 Å². The van der Waals surface area contributed by atoms with Crippen molar-refractivity contribution in [2.45, 2.75) is 45.1 Å². The fourth-order valence-electron chi connectivity index (χ4n) is 2.89. The number of sulfonamides is 1. The molecular formula is C15H22BrNO2S. The molecular weight excluding hydrogens is 338 g/mol. The molecule has 3 nitrogen and oxygen atoms in total. The predicted octanol–water partition coefficient (Wildman–Crippen LogP) is 3.81. The minimum absolute atomic E-state index is 0.0557. The zero-order valence-electron chi connectivity index (χ0n) is 12.4. The monoisotopic (exact) mass is 359 g/mol. The van der Waals surface area contributed by atoms with E-state index in [2.05, 4.69) is 29.8 Å². The fourth-order valence-corrected chi connectivity index (χ4v) is 5.07. The predicted molar refractivity (Wildman–Crippen MR) is 85.2 cm³/mol. The van der Waals surface area contributed by atoms with Crippen molar-refractivity contribution >= 4 is 26.0 Å². The zero-order valence-corrected chi connectivity index (χ0v) is 14.8. The maximum absolute atomic E-state index is 12.9. The molecule has 0 amide bonds. The normalized spacial score (nSPS) is 28.6. The summed E-state index contributed by atoms with van der Waals surface area (Å²) < 4.78 is 28.3. The summed E-state index contributed by atoms with van der Waals surface area (Å²) in [7, 11) is -3.40. The van der Waals surface area contributed by atoms with Gasteiger partial charge < -0.3 is 0 Å². The Kier molecular flexibility index (Phi) is 4.62. The van der Waals surface area contributed by atoms with Gasteiger partial charge in [-0.05, 0) is 55.9 Å². The molecule has 20 heavy (non-hydrogen) atoms. The van der Waals surface area contributed by atoms with Crippen molar-refractivity contribution in [2.24, 2.45) is 11.8 Å². The van der Waals surface area contributed by atoms with Crippen molar-refractivity contribution < 1.29 is 8.42 Å². The van der Waals surface area contributed by atoms with Gasteiger partial charge in [0, 0.05) is 17.1 Å². The molecule has 0 N–H and O–H groups in total. The van der Waals surface area contributed by atoms with Gasteiger partial charge in [-0.15, -0.1) is 0 Å². The summed E-state index contributed by atoms with van der Waals surface area (Å²) in [5.74, 6) is 0.803. The summed E-state index contributed by atoms with van der Waals surface area (Å²) in [5, 5.41) is 0. The van der Waals surface area contributed by atoms with Gasteiger partial charge >= 0.3 is 0 Å². The molecule has 1 aliphatic heterocycles. The van der Waals surface area contributed by atoms with Crippen molar-refractivity contribution in [2.75, 3.05) is 6.54 Å². The smallest absolute Gasteiger partial charge is 0.207 e. The molecule has 0 radical (unpaired) electrons. The molecule has 0 spiro atoms. The first kappa shape index (κ1) is 16.0. The number of benzene rings is 1. The van der Waals surface area contributed by atoms with E-state index in [1.54, 1.807) is 16.4 Å². The lowest BCUT2D eigenvalue weighted by molar-refractivity contribution is 0.157. The number of piperidine rings is 1. The van der Waals surface area contributed by atoms with E-state index in [9.17, 15) is 8.42 Å². The summed E-state index contributed by atoms with van der Waals surface area (Å²) in [5.41, 5.74) is 0.942. The van der Waals surface area contributed by atoms with Crippen molar-refractivity contribution in [3.05, 3.63) is 28.2 Å². The van der Waals surface area contributed by atoms with E-state index >= 15 is 0 Å². The Labute approximate surface area is 130 Å². The molecule has 1 fully saturated rings. The lowest BCUT2D eigenvalue weighted by Crippen LogP contribution is -2.48. The minimum atomic E-state index is -3.40. The lowest BCUT2D eigenvalue weighted by atomic mass is 9.88. The average molecular weight is 360 g/mol. The highest BCUT2D eigenvalue weighted by Crippen LogP contribution is 2.32. The van der Waals surface area contributed by atoms with Crippen LogP contribution in [0.4, 0.5) is 0 Å². The van der Waals surface area contributed by atoms with E-state index in [0.717, 1.165) is 16.5 Å². The van der Waals surface area contributed by atoms with Gasteiger partial charge in [-0.25, -0.2) is 8.42 Å². The van der Waals surface area contributed by atoms with Gasteiger partial charge in [0.2, 0.25) is 10.0 Å². The molecule has 0 aromatic heterocycles. The van der Waals surface area contributed by atoms with Crippen molar-refractivity contribution in [1.82, 2.24) is 4.31 Å². The molecule has 3 atom stereocenters. The number of rotatable bonds is 2. The van der Waals surface area contributed by atoms with E-state index in [-0.39, 0.29) is 6.04 Å². The van der Waals surface area contributed by atoms with Gasteiger partial charge in [-0.2, -0.15) is 4.31 Å². The quantitative estimate of drug-likeness (QED) is 0.804. The minimum Gasteiger partial charge on any atom is -0.207 e. The zero-order chi connectivity index (χ0) is 15.1. The Bertz CT molecular complexity index is 600. The molecule has 1 aromatic carbocycles. The molecule has 1 saturated heterocycles. The Morgan fingerprint density at radius 1 is 1.25 bits per heavy atom. The summed E-state index contributed by atoms with van der Waals surface area (Å²) >= 11 is 3.41. The van der Waals surface area contributed by atoms with Gasteiger partial charge in [-0.3, -0.25) is 0 Å². The first-order chi connectivity index (χ1) is 9.23. The second-order valence-electron chi connectivity index (χ2n) is 6.04. The van der Waals surface area contributed by atoms with Gasteiger partial charge in [-0.1, -0.05) is 29.8 Å². The van der Waals surface area contributed by atoms with E-state index in [0.29, 0.717) is 23.3 Å². The largest absolute Gasteiger partial charge is 0.243 e. The van der Waals surface area contributed by atoms with Crippen LogP contribution in [0.25, 0.3) is 0 Å². The highest BCUT2D eigenvalue weighted by molar-refractivity contribution is 9.10. The van der Waals surface area contributed by atoms with E-state index in [1.165, 1.54) is 0 Å². The molecule has 3 unspecified atom stereocenters. The first-order valence-electron chi connectivity index (χ1n) is 7.01. The molecule has 0 aliphatic carbocycles. The Morgan fingerprint density at radius 3 is 2.50 bits per heavy atom. The third-order valence-corrected chi connectivity index (χ3v) is 7.12. The molecule has 1 aliphatic rings. The highest BCUT2D eigenvalue weighted by Gasteiger charge is 2.37. The van der Waals surface area contributed by atoms with Crippen LogP contribution in [-0.2, 0) is 10.0 Å². The maximum atomic E-state index is 12.9. The van der Waals surface area contributed by atoms with Gasteiger partial charge in [0.1, 0.15) is 0 Å². The molecule has 2 rings (SSSR count). The van der Waals surface area contributed by atoms with Crippen LogP contribution in [0, 0.1) is 18.8 Å². The SMILES string of the molecule is Cc1cc(S(=O)(=O)N2CC(C)CC(C)C2C)ccc1Br. The van der Waals surface area contributed by atoms with Crippen molar-refractivity contribution in [3.63, 3.8) is 0 Å². The summed E-state index contributed by atoms with van der Waals surface area (Å²) in [6.07, 6.45) is 1.09. The third-order valence-electron chi connectivity index (χ3n) is 4.28. The fraction of sp³-hybridized carbons (Fsp3) is 0.600. The van der Waals surface area contributed by atoms with Crippen LogP contribution in [0.3, 0.4) is 0 Å². The number of hydrogen-bond acceptors (Lipinski definition) is 2. The molecule has 112 valence electrons. The standard InChI is InChI=1S/C15H22BrNO2S/c1-10-7-11(2)13(4)17(9-10)20(18,19)14-5-6-15(16)12(3)8-14/h5-6,8,10-11,13H,7,9H2,1-4H3. The summed E-state index contributed by atoms with van der Waals surface area (Å²) in [4.78, 5) is 0.395. The van der Waals surface area contributed by atoms with Crippen LogP contribution in [-0.4, -0.2) is 25.3 Å². The average Bonchev–Trinajstić information content (AvgIpc) is 2.36. The summed E-state index contributed by atoms with van der Waals surface area (Å²) in [6, 6.07) is 5.29. The van der Waals surface area contributed by atoms with Crippen molar-refractivity contribution in [3.8, 4) is 0 Å². The second-order valence-corrected chi connectivity index (χ2v) is 8.79. The molecule has 0 saturated carbocycles. The van der Waals surface area contributed by atoms with Crippen LogP contribution in [0.1, 0.15) is 32.8 Å². The van der Waals surface area contributed by atoms with Crippen LogP contribution >= 0.6 is 15.9 Å². The van der Waals surface area contributed by atoms with Crippen LogP contribution in [0.2, 0.25) is 0 Å². The number of hydrogen-bond donors (Lipinski definition) is 0. The first-order valence-corrected chi connectivity index (χ1v) is 9.24. The molecule has 1 heterocycles. The van der Waals surface area contributed by atoms with Gasteiger partial charge in [0.25, 0.3) is 0 Å². The molecule has 1 aromatic rings. The third kappa shape index (κ3) is 2.95. The molecule has 0 bridgehead atoms.